The van der Waals surface area contributed by atoms with Crippen LogP contribution in [0.3, 0.4) is 0 Å². The molecule has 32 heavy (non-hydrogen) atoms. The van der Waals surface area contributed by atoms with Gasteiger partial charge in [0.15, 0.2) is 0 Å². The second kappa shape index (κ2) is 12.2. The largest absolute Gasteiger partial charge is 0.383 e. The van der Waals surface area contributed by atoms with Gasteiger partial charge in [-0.25, -0.2) is 4.39 Å². The monoisotopic (exact) mass is 439 g/mol. The van der Waals surface area contributed by atoms with Crippen molar-refractivity contribution in [2.24, 2.45) is 11.8 Å². The van der Waals surface area contributed by atoms with E-state index in [1.807, 2.05) is 37.3 Å². The second-order valence-corrected chi connectivity index (χ2v) is 8.61. The SMILES string of the molecule is C[C@H](C(=O)NCC(C(=O)NCCNc1ccc(F)cc1)C1CCCCC1)c1ccccc1. The van der Waals surface area contributed by atoms with Crippen LogP contribution >= 0.6 is 0 Å². The summed E-state index contributed by atoms with van der Waals surface area (Å²) in [6.45, 7) is 3.26. The highest BCUT2D eigenvalue weighted by Crippen LogP contribution is 2.30. The Balaban J connectivity index is 1.51. The summed E-state index contributed by atoms with van der Waals surface area (Å²) in [5.74, 6) is -0.531. The molecule has 2 aromatic rings. The van der Waals surface area contributed by atoms with Crippen molar-refractivity contribution in [3.63, 3.8) is 0 Å². The molecule has 1 saturated carbocycles. The van der Waals surface area contributed by atoms with E-state index in [9.17, 15) is 14.0 Å². The van der Waals surface area contributed by atoms with Crippen LogP contribution < -0.4 is 16.0 Å². The molecule has 3 N–H and O–H groups in total. The Morgan fingerprint density at radius 2 is 1.59 bits per heavy atom. The van der Waals surface area contributed by atoms with Gasteiger partial charge in [0.2, 0.25) is 11.8 Å². The first-order chi connectivity index (χ1) is 15.5. The molecule has 0 bridgehead atoms. The maximum Gasteiger partial charge on any atom is 0.227 e. The lowest BCUT2D eigenvalue weighted by atomic mass is 9.79. The van der Waals surface area contributed by atoms with Crippen LogP contribution in [0.5, 0.6) is 0 Å². The highest BCUT2D eigenvalue weighted by Gasteiger charge is 2.30. The molecule has 2 atom stereocenters. The molecule has 3 rings (SSSR count). The van der Waals surface area contributed by atoms with Gasteiger partial charge >= 0.3 is 0 Å². The van der Waals surface area contributed by atoms with Gasteiger partial charge < -0.3 is 16.0 Å². The Morgan fingerprint density at radius 1 is 0.906 bits per heavy atom. The fraction of sp³-hybridized carbons (Fsp3) is 0.462. The summed E-state index contributed by atoms with van der Waals surface area (Å²) >= 11 is 0. The average Bonchev–Trinajstić information content (AvgIpc) is 2.83. The molecule has 0 spiro atoms. The fourth-order valence-electron chi connectivity index (χ4n) is 4.36. The summed E-state index contributed by atoms with van der Waals surface area (Å²) in [4.78, 5) is 25.7. The van der Waals surface area contributed by atoms with Crippen molar-refractivity contribution in [1.82, 2.24) is 10.6 Å². The standard InChI is InChI=1S/C26H34FN3O2/c1-19(20-8-4-2-5-9-20)25(31)30-18-24(21-10-6-3-7-11-21)26(32)29-17-16-28-23-14-12-22(27)13-15-23/h2,4-5,8-9,12-15,19,21,24,28H,3,6-7,10-11,16-18H2,1H3,(H,29,32)(H,30,31)/t19-,24?/m0/s1. The number of carbonyl (C=O) groups excluding carboxylic acids is 2. The Kier molecular flexibility index (Phi) is 9.08. The molecule has 1 unspecified atom stereocenters. The number of carbonyl (C=O) groups is 2. The molecule has 172 valence electrons. The van der Waals surface area contributed by atoms with Gasteiger partial charge in [0.05, 0.1) is 11.8 Å². The molecule has 0 radical (unpaired) electrons. The maximum atomic E-state index is 13.0. The van der Waals surface area contributed by atoms with Gasteiger partial charge in [-0.15, -0.1) is 0 Å². The zero-order chi connectivity index (χ0) is 22.8. The highest BCUT2D eigenvalue weighted by molar-refractivity contribution is 5.84. The highest BCUT2D eigenvalue weighted by atomic mass is 19.1. The van der Waals surface area contributed by atoms with E-state index >= 15 is 0 Å². The first-order valence-electron chi connectivity index (χ1n) is 11.6. The molecule has 1 fully saturated rings. The van der Waals surface area contributed by atoms with Crippen LogP contribution in [0.15, 0.2) is 54.6 Å². The van der Waals surface area contributed by atoms with Gasteiger partial charge in [0, 0.05) is 25.3 Å². The van der Waals surface area contributed by atoms with E-state index in [1.165, 1.54) is 18.6 Å². The van der Waals surface area contributed by atoms with E-state index in [2.05, 4.69) is 16.0 Å². The Labute approximate surface area is 190 Å². The van der Waals surface area contributed by atoms with E-state index in [0.29, 0.717) is 25.6 Å². The summed E-state index contributed by atoms with van der Waals surface area (Å²) in [6.07, 6.45) is 5.53. The predicted octanol–water partition coefficient (Wildman–Crippen LogP) is 4.47. The summed E-state index contributed by atoms with van der Waals surface area (Å²) in [7, 11) is 0. The summed E-state index contributed by atoms with van der Waals surface area (Å²) in [5.41, 5.74) is 1.78. The van der Waals surface area contributed by atoms with Crippen molar-refractivity contribution in [1.29, 1.82) is 0 Å². The lowest BCUT2D eigenvalue weighted by molar-refractivity contribution is -0.127. The van der Waals surface area contributed by atoms with Crippen LogP contribution in [0.2, 0.25) is 0 Å². The molecule has 0 aromatic heterocycles. The van der Waals surface area contributed by atoms with E-state index in [4.69, 9.17) is 0 Å². The molecule has 2 aromatic carbocycles. The summed E-state index contributed by atoms with van der Waals surface area (Å²) in [6, 6.07) is 15.8. The van der Waals surface area contributed by atoms with Crippen molar-refractivity contribution in [2.75, 3.05) is 25.0 Å². The minimum atomic E-state index is -0.275. The Hall–Kier alpha value is -2.89. The van der Waals surface area contributed by atoms with Crippen LogP contribution in [0.4, 0.5) is 10.1 Å². The molecule has 1 aliphatic carbocycles. The van der Waals surface area contributed by atoms with Gasteiger partial charge in [-0.1, -0.05) is 49.6 Å². The molecular formula is C26H34FN3O2. The van der Waals surface area contributed by atoms with E-state index < -0.39 is 0 Å². The number of hydrogen-bond donors (Lipinski definition) is 3. The van der Waals surface area contributed by atoms with Crippen molar-refractivity contribution < 1.29 is 14.0 Å². The summed E-state index contributed by atoms with van der Waals surface area (Å²) < 4.78 is 13.0. The zero-order valence-electron chi connectivity index (χ0n) is 18.8. The van der Waals surface area contributed by atoms with E-state index in [0.717, 1.165) is 36.9 Å². The Bertz CT molecular complexity index is 851. The second-order valence-electron chi connectivity index (χ2n) is 8.61. The average molecular weight is 440 g/mol. The van der Waals surface area contributed by atoms with Gasteiger partial charge in [0.25, 0.3) is 0 Å². The van der Waals surface area contributed by atoms with Gasteiger partial charge in [0.1, 0.15) is 5.82 Å². The number of nitrogens with one attached hydrogen (secondary N) is 3. The third kappa shape index (κ3) is 7.08. The molecule has 1 aliphatic rings. The molecular weight excluding hydrogens is 405 g/mol. The Morgan fingerprint density at radius 3 is 2.28 bits per heavy atom. The number of amides is 2. The number of rotatable bonds is 10. The van der Waals surface area contributed by atoms with Crippen LogP contribution in [-0.4, -0.2) is 31.4 Å². The van der Waals surface area contributed by atoms with Gasteiger partial charge in [-0.3, -0.25) is 9.59 Å². The normalized spacial score (nSPS) is 16.1. The first kappa shape index (κ1) is 23.8. The van der Waals surface area contributed by atoms with E-state index in [-0.39, 0.29) is 29.5 Å². The molecule has 6 heteroatoms. The quantitative estimate of drug-likeness (QED) is 0.479. The molecule has 2 amide bonds. The van der Waals surface area contributed by atoms with Crippen LogP contribution in [0.1, 0.15) is 50.5 Å². The van der Waals surface area contributed by atoms with Crippen LogP contribution in [0.25, 0.3) is 0 Å². The van der Waals surface area contributed by atoms with Gasteiger partial charge in [-0.2, -0.15) is 0 Å². The third-order valence-electron chi connectivity index (χ3n) is 6.34. The van der Waals surface area contributed by atoms with Crippen molar-refractivity contribution >= 4 is 17.5 Å². The maximum absolute atomic E-state index is 13.0. The lowest BCUT2D eigenvalue weighted by Crippen LogP contribution is -2.44. The zero-order valence-corrected chi connectivity index (χ0v) is 18.8. The minimum absolute atomic E-state index is 0.00882. The van der Waals surface area contributed by atoms with E-state index in [1.54, 1.807) is 12.1 Å². The third-order valence-corrected chi connectivity index (χ3v) is 6.34. The van der Waals surface area contributed by atoms with Crippen molar-refractivity contribution in [3.05, 3.63) is 66.0 Å². The molecule has 0 saturated heterocycles. The predicted molar refractivity (Wildman–Crippen MR) is 126 cm³/mol. The minimum Gasteiger partial charge on any atom is -0.383 e. The lowest BCUT2D eigenvalue weighted by Gasteiger charge is -2.30. The van der Waals surface area contributed by atoms with Crippen LogP contribution in [-0.2, 0) is 9.59 Å². The number of hydrogen-bond acceptors (Lipinski definition) is 3. The number of benzene rings is 2. The van der Waals surface area contributed by atoms with Crippen molar-refractivity contribution in [3.8, 4) is 0 Å². The fourth-order valence-corrected chi connectivity index (χ4v) is 4.36. The molecule has 0 aliphatic heterocycles. The first-order valence-corrected chi connectivity index (χ1v) is 11.6. The smallest absolute Gasteiger partial charge is 0.227 e. The number of anilines is 1. The molecule has 0 heterocycles. The molecule has 5 nitrogen and oxygen atoms in total. The van der Waals surface area contributed by atoms with Crippen molar-refractivity contribution in [2.45, 2.75) is 44.9 Å². The number of halogens is 1. The van der Waals surface area contributed by atoms with Crippen LogP contribution in [0, 0.1) is 17.7 Å². The summed E-state index contributed by atoms with van der Waals surface area (Å²) in [5, 5.41) is 9.23. The topological polar surface area (TPSA) is 70.2 Å². The van der Waals surface area contributed by atoms with Gasteiger partial charge in [-0.05, 0) is 55.5 Å².